The molecule has 2 aliphatic rings. The van der Waals surface area contributed by atoms with Gasteiger partial charge in [0.1, 0.15) is 44.1 Å². The average Bonchev–Trinajstić information content (AvgIpc) is 1.73. The van der Waals surface area contributed by atoms with Crippen molar-refractivity contribution in [2.24, 2.45) is 0 Å². The van der Waals surface area contributed by atoms with Gasteiger partial charge in [-0.1, -0.05) is 68.6 Å². The van der Waals surface area contributed by atoms with E-state index in [1.54, 1.807) is 70.0 Å². The molecule has 2 fully saturated rings. The molecule has 97 heavy (non-hydrogen) atoms. The Hall–Kier alpha value is -8.49. The number of nitrogens with two attached hydrogens (primary N) is 2. The number of aromatic nitrogens is 9. The van der Waals surface area contributed by atoms with Gasteiger partial charge in [0.25, 0.3) is 0 Å². The molecule has 3 aromatic carbocycles. The molecular formula is C69H91Cl4N17O7. The molecule has 2 aliphatic heterocycles. The summed E-state index contributed by atoms with van der Waals surface area (Å²) in [5, 5.41) is 47.3. The average molecular weight is 1410 g/mol. The van der Waals surface area contributed by atoms with Crippen molar-refractivity contribution in [1.29, 1.82) is 0 Å². The molecule has 9 aromatic rings. The lowest BCUT2D eigenvalue weighted by atomic mass is 9.99. The maximum Gasteiger partial charge on any atom is 0.412 e. The zero-order valence-electron chi connectivity index (χ0n) is 56.5. The molecule has 28 heteroatoms. The highest BCUT2D eigenvalue weighted by Crippen LogP contribution is 2.31. The van der Waals surface area contributed by atoms with E-state index in [0.717, 1.165) is 126 Å². The van der Waals surface area contributed by atoms with Gasteiger partial charge in [-0.15, -0.1) is 0 Å². The Morgan fingerprint density at radius 3 is 1.48 bits per heavy atom. The van der Waals surface area contributed by atoms with Crippen LogP contribution in [0.5, 0.6) is 0 Å². The molecule has 0 bridgehead atoms. The molecule has 2 atom stereocenters. The highest BCUT2D eigenvalue weighted by Gasteiger charge is 2.26. The van der Waals surface area contributed by atoms with Crippen molar-refractivity contribution < 1.29 is 34.1 Å². The lowest BCUT2D eigenvalue weighted by Crippen LogP contribution is -2.40. The Bertz CT molecular complexity index is 3960. The van der Waals surface area contributed by atoms with E-state index in [2.05, 4.69) is 76.3 Å². The second-order valence-corrected chi connectivity index (χ2v) is 26.0. The van der Waals surface area contributed by atoms with Crippen molar-refractivity contribution in [2.75, 3.05) is 63.9 Å². The van der Waals surface area contributed by atoms with Gasteiger partial charge >= 0.3 is 12.2 Å². The van der Waals surface area contributed by atoms with Gasteiger partial charge in [-0.2, -0.15) is 24.3 Å². The SMILES string of the molecule is C=CC(=O)Cl.CC(C)(C)OC(=O)Nc1ccc(N)cc1.CCc1cnn2c(Cl)cc(Cl)nc12.CCc1cnn2c(Nc3ccc(N)cc3)cc(N3CCCC[C@H]3CCO)nc12.CCc1cnn2c(Nc3ccc(NC(=O)OC(C)(C)C)cc3)cc(Cl)nc12.OCC[C@@H]1CCCCN1. The fourth-order valence-electron chi connectivity index (χ4n) is 9.98. The minimum Gasteiger partial charge on any atom is -0.444 e. The fourth-order valence-corrected chi connectivity index (χ4v) is 10.6. The van der Waals surface area contributed by atoms with E-state index in [0.29, 0.717) is 57.0 Å². The lowest BCUT2D eigenvalue weighted by Gasteiger charge is -2.36. The summed E-state index contributed by atoms with van der Waals surface area (Å²) in [4.78, 5) is 48.5. The van der Waals surface area contributed by atoms with Crippen molar-refractivity contribution in [3.63, 3.8) is 0 Å². The number of ether oxygens (including phenoxy) is 2. The van der Waals surface area contributed by atoms with Crippen LogP contribution in [-0.4, -0.2) is 121 Å². The molecule has 522 valence electrons. The summed E-state index contributed by atoms with van der Waals surface area (Å²) in [6.45, 7) is 22.8. The quantitative estimate of drug-likeness (QED) is 0.0199. The summed E-state index contributed by atoms with van der Waals surface area (Å²) in [5.74, 6) is 2.52. The Balaban J connectivity index is 0.000000198. The van der Waals surface area contributed by atoms with Gasteiger partial charge in [-0.05, 0) is 203 Å². The Morgan fingerprint density at radius 2 is 1.03 bits per heavy atom. The number of allylic oxidation sites excluding steroid dienone is 1. The van der Waals surface area contributed by atoms with Gasteiger partial charge in [-0.3, -0.25) is 15.4 Å². The number of amides is 2. The van der Waals surface area contributed by atoms with Crippen molar-refractivity contribution >= 4 is 132 Å². The van der Waals surface area contributed by atoms with Gasteiger partial charge in [0.2, 0.25) is 5.24 Å². The molecule has 11 N–H and O–H groups in total. The summed E-state index contributed by atoms with van der Waals surface area (Å²) in [7, 11) is 0. The molecule has 24 nitrogen and oxygen atoms in total. The van der Waals surface area contributed by atoms with Crippen molar-refractivity contribution in [1.82, 2.24) is 49.1 Å². The number of carbonyl (C=O) groups excluding carboxylic acids is 3. The van der Waals surface area contributed by atoms with Crippen LogP contribution in [0.2, 0.25) is 15.5 Å². The number of aliphatic hydroxyl groups is 2. The van der Waals surface area contributed by atoms with Crippen LogP contribution in [0.1, 0.15) is 130 Å². The number of hydrogen-bond acceptors (Lipinski definition) is 19. The lowest BCUT2D eigenvalue weighted by molar-refractivity contribution is -0.107. The second-order valence-electron chi connectivity index (χ2n) is 24.5. The van der Waals surface area contributed by atoms with E-state index in [4.69, 9.17) is 77.4 Å². The minimum absolute atomic E-state index is 0.201. The number of rotatable bonds is 15. The maximum atomic E-state index is 11.8. The van der Waals surface area contributed by atoms with E-state index in [1.807, 2.05) is 103 Å². The van der Waals surface area contributed by atoms with Crippen LogP contribution in [0, 0.1) is 0 Å². The Kier molecular flexibility index (Phi) is 30.3. The number of hydrogen-bond donors (Lipinski definition) is 9. The third-order valence-electron chi connectivity index (χ3n) is 14.6. The summed E-state index contributed by atoms with van der Waals surface area (Å²) in [6.07, 6.45) is 17.1. The summed E-state index contributed by atoms with van der Waals surface area (Å²) >= 11 is 22.5. The van der Waals surface area contributed by atoms with Crippen LogP contribution < -0.4 is 43.0 Å². The van der Waals surface area contributed by atoms with Crippen LogP contribution in [0.15, 0.2) is 122 Å². The molecule has 2 saturated heterocycles. The maximum absolute atomic E-state index is 11.8. The molecule has 0 radical (unpaired) electrons. The normalized spacial score (nSPS) is 14.3. The van der Waals surface area contributed by atoms with E-state index in [1.165, 1.54) is 25.7 Å². The number of aliphatic hydroxyl groups excluding tert-OH is 2. The molecule has 2 amide bonds. The Morgan fingerprint density at radius 1 is 0.608 bits per heavy atom. The van der Waals surface area contributed by atoms with E-state index < -0.39 is 28.6 Å². The summed E-state index contributed by atoms with van der Waals surface area (Å²) in [6, 6.07) is 28.1. The minimum atomic E-state index is -0.543. The second kappa shape index (κ2) is 37.9. The van der Waals surface area contributed by atoms with Gasteiger partial charge in [0.15, 0.2) is 16.9 Å². The number of piperidine rings is 2. The third kappa shape index (κ3) is 25.1. The first-order valence-electron chi connectivity index (χ1n) is 32.2. The number of aryl methyl sites for hydroxylation is 3. The van der Waals surface area contributed by atoms with Crippen molar-refractivity contribution in [3.8, 4) is 0 Å². The number of nitrogen functional groups attached to an aromatic ring is 2. The van der Waals surface area contributed by atoms with E-state index in [9.17, 15) is 19.5 Å². The zero-order chi connectivity index (χ0) is 70.8. The Labute approximate surface area is 586 Å². The molecule has 11 rings (SSSR count). The molecule has 8 heterocycles. The number of benzene rings is 3. The first-order chi connectivity index (χ1) is 46.2. The van der Waals surface area contributed by atoms with Gasteiger partial charge in [-0.25, -0.2) is 29.1 Å². The molecular weight excluding hydrogens is 1320 g/mol. The summed E-state index contributed by atoms with van der Waals surface area (Å²) < 4.78 is 15.5. The van der Waals surface area contributed by atoms with Gasteiger partial charge in [0.05, 0.1) is 18.6 Å². The van der Waals surface area contributed by atoms with Crippen molar-refractivity contribution in [2.45, 2.75) is 156 Å². The molecule has 0 saturated carbocycles. The standard InChI is InChI=1S/C21H28N6O.C19H22ClN5O2.C11H16N2O2.C8H7Cl2N3.C7H15NO.C3H3ClO/c1-2-15-14-23-27-20(24-17-8-6-16(22)7-9-17)13-19(25-21(15)27)26-11-4-3-5-18(26)10-12-28;1-5-12-11-21-25-16(10-15(20)24-17(12)25)22-13-6-8-14(9-7-13)23-18(26)27-19(2,3)4;1-11(2,3)15-10(14)13-9-6-4-8(12)5-7-9;1-2-5-4-11-13-7(10)3-6(9)12-8(5)13;9-6-4-7-3-1-2-5-8-7;1-2-3(4)5/h6-9,13-14,18,24,28H,2-5,10-12,22H2,1H3;6-11,22H,5H2,1-4H3,(H,23,26);4-7H,12H2,1-3H3,(H,13,14);3-4H,2H2,1H3;7-9H,1-6H2;2H,1H2/t18-;;;;7-;/m0...0./s1. The highest BCUT2D eigenvalue weighted by molar-refractivity contribution is 6.66. The van der Waals surface area contributed by atoms with Crippen LogP contribution in [0.25, 0.3) is 16.9 Å². The topological polar surface area (TPSA) is 316 Å². The number of anilines is 9. The highest BCUT2D eigenvalue weighted by atomic mass is 35.5. The van der Waals surface area contributed by atoms with Gasteiger partial charge in [0, 0.05) is 101 Å². The number of fused-ring (bicyclic) bond motifs is 3. The predicted octanol–water partition coefficient (Wildman–Crippen LogP) is 15.1. The molecule has 0 unspecified atom stereocenters. The zero-order valence-corrected chi connectivity index (χ0v) is 59.5. The van der Waals surface area contributed by atoms with Gasteiger partial charge < -0.3 is 52.0 Å². The largest absolute Gasteiger partial charge is 0.444 e. The number of nitrogens with one attached hydrogen (secondary N) is 5. The van der Waals surface area contributed by atoms with E-state index >= 15 is 0 Å². The predicted molar refractivity (Wildman–Crippen MR) is 392 cm³/mol. The first kappa shape index (κ1) is 77.5. The first-order valence-corrected chi connectivity index (χ1v) is 33.7. The fraction of sp³-hybridized carbons (Fsp3) is 0.406. The van der Waals surface area contributed by atoms with Crippen LogP contribution in [0.3, 0.4) is 0 Å². The smallest absolute Gasteiger partial charge is 0.412 e. The summed E-state index contributed by atoms with van der Waals surface area (Å²) in [5.41, 5.74) is 20.3. The van der Waals surface area contributed by atoms with Crippen LogP contribution in [0.4, 0.5) is 61.2 Å². The van der Waals surface area contributed by atoms with Crippen molar-refractivity contribution in [3.05, 3.63) is 154 Å². The van der Waals surface area contributed by atoms with E-state index in [-0.39, 0.29) is 6.61 Å². The molecule has 0 aliphatic carbocycles. The number of carbonyl (C=O) groups is 3. The molecule has 6 aromatic heterocycles. The molecule has 0 spiro atoms. The third-order valence-corrected chi connectivity index (χ3v) is 15.4. The van der Waals surface area contributed by atoms with Crippen LogP contribution in [-0.2, 0) is 33.5 Å². The number of nitrogens with zero attached hydrogens (tertiary/aromatic N) is 10. The van der Waals surface area contributed by atoms with Crippen LogP contribution >= 0.6 is 46.4 Å². The number of halogens is 4. The monoisotopic (exact) mass is 1410 g/mol.